The standard InChI is InChI=1S/C36H58N6O/c1-6-11-33(25-35(39-36(43)12-7-2)30-13-9-8-10-14-30)42-18-17-29-15-16-31(24-32(29)26-42)34(38-28(4)37)23-27(3)41-21-19-40(5)20-22-41/h11,15-16,23-24,28,30,35H,6-10,12-14,17-22,25-26,37H2,1-5H3,(H,39,43)/b27-23+,33-11-,38-34+. The first-order chi connectivity index (χ1) is 20.8. The number of fused-ring (bicyclic) bond motifs is 1. The van der Waals surface area contributed by atoms with Gasteiger partial charge >= 0.3 is 0 Å². The number of allylic oxidation sites excluding steroid dienone is 3. The summed E-state index contributed by atoms with van der Waals surface area (Å²) in [5.41, 5.74) is 13.8. The molecule has 2 heterocycles. The van der Waals surface area contributed by atoms with Crippen molar-refractivity contribution >= 4 is 11.6 Å². The zero-order valence-electron chi connectivity index (χ0n) is 27.7. The first-order valence-corrected chi connectivity index (χ1v) is 17.1. The van der Waals surface area contributed by atoms with Crippen LogP contribution in [0.2, 0.25) is 0 Å². The van der Waals surface area contributed by atoms with Gasteiger partial charge in [-0.3, -0.25) is 9.79 Å². The number of carbonyl (C=O) groups excluding carboxylic acids is 1. The molecule has 1 aromatic carbocycles. The van der Waals surface area contributed by atoms with Crippen LogP contribution in [0.3, 0.4) is 0 Å². The zero-order chi connectivity index (χ0) is 30.8. The second-order valence-corrected chi connectivity index (χ2v) is 13.1. The Bertz CT molecular complexity index is 1140. The number of nitrogens with zero attached hydrogens (tertiary/aromatic N) is 4. The monoisotopic (exact) mass is 590 g/mol. The van der Waals surface area contributed by atoms with Gasteiger partial charge in [0.25, 0.3) is 0 Å². The predicted octanol–water partition coefficient (Wildman–Crippen LogP) is 5.84. The number of likely N-dealkylation sites (N-methyl/N-ethyl adjacent to an activating group) is 1. The lowest BCUT2D eigenvalue weighted by Gasteiger charge is -2.37. The van der Waals surface area contributed by atoms with Gasteiger partial charge in [-0.15, -0.1) is 0 Å². The summed E-state index contributed by atoms with van der Waals surface area (Å²) in [4.78, 5) is 25.1. The van der Waals surface area contributed by atoms with Crippen LogP contribution in [-0.2, 0) is 17.8 Å². The quantitative estimate of drug-likeness (QED) is 0.299. The third kappa shape index (κ3) is 9.67. The molecule has 2 fully saturated rings. The molecule has 1 amide bonds. The molecule has 238 valence electrons. The molecule has 1 saturated carbocycles. The van der Waals surface area contributed by atoms with E-state index in [2.05, 4.69) is 78.2 Å². The van der Waals surface area contributed by atoms with Crippen molar-refractivity contribution in [2.75, 3.05) is 39.8 Å². The van der Waals surface area contributed by atoms with Crippen molar-refractivity contribution in [2.24, 2.45) is 16.6 Å². The van der Waals surface area contributed by atoms with E-state index in [-0.39, 0.29) is 18.1 Å². The molecule has 2 atom stereocenters. The highest BCUT2D eigenvalue weighted by molar-refractivity contribution is 6.09. The predicted molar refractivity (Wildman–Crippen MR) is 180 cm³/mol. The molecule has 7 nitrogen and oxygen atoms in total. The van der Waals surface area contributed by atoms with Crippen molar-refractivity contribution in [3.63, 3.8) is 0 Å². The van der Waals surface area contributed by atoms with Crippen LogP contribution in [0.25, 0.3) is 0 Å². The molecule has 0 aromatic heterocycles. The SMILES string of the molecule is CC/C=C(/CC(NC(=O)CCC)C1CCCCC1)N1CCc2ccc(C(/C=C(\C)N3CCN(C)CC3)=N/C(C)N)cc2C1. The lowest BCUT2D eigenvalue weighted by atomic mass is 9.81. The number of nitrogens with one attached hydrogen (secondary N) is 1. The maximum Gasteiger partial charge on any atom is 0.220 e. The second-order valence-electron chi connectivity index (χ2n) is 13.1. The van der Waals surface area contributed by atoms with E-state index in [0.717, 1.165) is 76.2 Å². The Kier molecular flexibility index (Phi) is 12.7. The van der Waals surface area contributed by atoms with Crippen LogP contribution in [0.1, 0.15) is 102 Å². The van der Waals surface area contributed by atoms with E-state index in [4.69, 9.17) is 10.7 Å². The molecule has 3 N–H and O–H groups in total. The van der Waals surface area contributed by atoms with Crippen LogP contribution in [0.5, 0.6) is 0 Å². The molecule has 1 saturated heterocycles. The number of hydrogen-bond acceptors (Lipinski definition) is 6. The van der Waals surface area contributed by atoms with Gasteiger partial charge in [-0.1, -0.05) is 51.3 Å². The number of aliphatic imine (C=N–C) groups is 1. The van der Waals surface area contributed by atoms with Crippen molar-refractivity contribution < 1.29 is 4.79 Å². The highest BCUT2D eigenvalue weighted by atomic mass is 16.1. The van der Waals surface area contributed by atoms with Crippen molar-refractivity contribution in [3.05, 3.63) is 58.4 Å². The molecule has 7 heteroatoms. The fourth-order valence-electron chi connectivity index (χ4n) is 7.00. The third-order valence-electron chi connectivity index (χ3n) is 9.52. The first kappa shape index (κ1) is 33.3. The molecule has 4 rings (SSSR count). The second kappa shape index (κ2) is 16.4. The van der Waals surface area contributed by atoms with Crippen molar-refractivity contribution in [1.29, 1.82) is 0 Å². The highest BCUT2D eigenvalue weighted by Gasteiger charge is 2.28. The van der Waals surface area contributed by atoms with Gasteiger partial charge in [0.15, 0.2) is 0 Å². The van der Waals surface area contributed by atoms with Gasteiger partial charge in [-0.05, 0) is 82.2 Å². The van der Waals surface area contributed by atoms with Crippen molar-refractivity contribution in [2.45, 2.75) is 111 Å². The van der Waals surface area contributed by atoms with Crippen molar-refractivity contribution in [3.8, 4) is 0 Å². The van der Waals surface area contributed by atoms with Crippen LogP contribution in [0.15, 0.2) is 46.7 Å². The normalized spacial score (nSPS) is 21.0. The molecule has 0 radical (unpaired) electrons. The molecule has 0 bridgehead atoms. The van der Waals surface area contributed by atoms with E-state index in [1.165, 1.54) is 54.6 Å². The average Bonchev–Trinajstić information content (AvgIpc) is 3.00. The maximum absolute atomic E-state index is 12.8. The largest absolute Gasteiger partial charge is 0.372 e. The lowest BCUT2D eigenvalue weighted by Crippen LogP contribution is -2.43. The molecular formula is C36H58N6O. The Morgan fingerprint density at radius 1 is 1.07 bits per heavy atom. The van der Waals surface area contributed by atoms with Gasteiger partial charge in [0.05, 0.1) is 11.9 Å². The van der Waals surface area contributed by atoms with E-state index in [0.29, 0.717) is 12.3 Å². The molecular weight excluding hydrogens is 532 g/mol. The summed E-state index contributed by atoms with van der Waals surface area (Å²) >= 11 is 0. The fraction of sp³-hybridized carbons (Fsp3) is 0.667. The average molecular weight is 591 g/mol. The topological polar surface area (TPSA) is 77.2 Å². The fourth-order valence-corrected chi connectivity index (χ4v) is 7.00. The summed E-state index contributed by atoms with van der Waals surface area (Å²) in [6.07, 6.45) is 15.2. The summed E-state index contributed by atoms with van der Waals surface area (Å²) in [6.45, 7) is 14.6. The van der Waals surface area contributed by atoms with Gasteiger partial charge in [0, 0.05) is 75.1 Å². The van der Waals surface area contributed by atoms with Crippen LogP contribution >= 0.6 is 0 Å². The maximum atomic E-state index is 12.8. The van der Waals surface area contributed by atoms with Crippen LogP contribution < -0.4 is 11.1 Å². The summed E-state index contributed by atoms with van der Waals surface area (Å²) in [7, 11) is 2.19. The Balaban J connectivity index is 1.54. The molecule has 3 aliphatic rings. The molecule has 1 aliphatic carbocycles. The van der Waals surface area contributed by atoms with E-state index in [1.807, 2.05) is 6.92 Å². The van der Waals surface area contributed by atoms with Crippen LogP contribution in [-0.4, -0.2) is 78.3 Å². The molecule has 2 unspecified atom stereocenters. The Morgan fingerprint density at radius 2 is 1.81 bits per heavy atom. The number of carbonyl (C=O) groups is 1. The molecule has 43 heavy (non-hydrogen) atoms. The number of nitrogens with two attached hydrogens (primary N) is 1. The lowest BCUT2D eigenvalue weighted by molar-refractivity contribution is -0.122. The summed E-state index contributed by atoms with van der Waals surface area (Å²) in [6, 6.07) is 7.10. The van der Waals surface area contributed by atoms with Gasteiger partial charge in [-0.25, -0.2) is 0 Å². The van der Waals surface area contributed by atoms with Gasteiger partial charge in [0.2, 0.25) is 5.91 Å². The number of benzene rings is 1. The first-order valence-electron chi connectivity index (χ1n) is 17.1. The Hall–Kier alpha value is -2.64. The van der Waals surface area contributed by atoms with Crippen LogP contribution in [0.4, 0.5) is 0 Å². The highest BCUT2D eigenvalue weighted by Crippen LogP contribution is 2.32. The van der Waals surface area contributed by atoms with Gasteiger partial charge in [-0.2, -0.15) is 0 Å². The van der Waals surface area contributed by atoms with Crippen LogP contribution in [0, 0.1) is 5.92 Å². The third-order valence-corrected chi connectivity index (χ3v) is 9.52. The minimum Gasteiger partial charge on any atom is -0.372 e. The Labute approximate surface area is 261 Å². The van der Waals surface area contributed by atoms with Gasteiger partial charge < -0.3 is 25.8 Å². The molecule has 1 aromatic rings. The van der Waals surface area contributed by atoms with E-state index in [9.17, 15) is 4.79 Å². The molecule has 0 spiro atoms. The smallest absolute Gasteiger partial charge is 0.220 e. The van der Waals surface area contributed by atoms with E-state index < -0.39 is 0 Å². The van der Waals surface area contributed by atoms with Gasteiger partial charge in [0.1, 0.15) is 0 Å². The van der Waals surface area contributed by atoms with Crippen molar-refractivity contribution in [1.82, 2.24) is 20.0 Å². The molecule has 2 aliphatic heterocycles. The minimum atomic E-state index is -0.266. The summed E-state index contributed by atoms with van der Waals surface area (Å²) < 4.78 is 0. The van der Waals surface area contributed by atoms with E-state index in [1.54, 1.807) is 0 Å². The number of amides is 1. The number of piperazine rings is 1. The number of rotatable bonds is 12. The minimum absolute atomic E-state index is 0.212. The number of hydrogen-bond donors (Lipinski definition) is 2. The summed E-state index contributed by atoms with van der Waals surface area (Å²) in [5, 5.41) is 3.48. The summed E-state index contributed by atoms with van der Waals surface area (Å²) in [5.74, 6) is 0.786. The Morgan fingerprint density at radius 3 is 2.49 bits per heavy atom. The zero-order valence-corrected chi connectivity index (χ0v) is 27.7. The van der Waals surface area contributed by atoms with E-state index >= 15 is 0 Å².